The lowest BCUT2D eigenvalue weighted by atomic mass is 10.2. The zero-order chi connectivity index (χ0) is 22.5. The highest BCUT2D eigenvalue weighted by molar-refractivity contribution is 6.30. The lowest BCUT2D eigenvalue weighted by molar-refractivity contribution is 0.102. The number of anilines is 1. The first-order valence-electron chi connectivity index (χ1n) is 9.97. The highest BCUT2D eigenvalue weighted by atomic mass is 35.5. The Morgan fingerprint density at radius 2 is 1.84 bits per heavy atom. The average Bonchev–Trinajstić information content (AvgIpc) is 2.80. The van der Waals surface area contributed by atoms with E-state index in [9.17, 15) is 9.59 Å². The van der Waals surface area contributed by atoms with E-state index in [-0.39, 0.29) is 18.1 Å². The topological polar surface area (TPSA) is 81.9 Å². The standard InChI is InChI=1S/C24H20ClN3O4/c1-2-31-19-10-7-16(8-11-19)24(30)27-20-5-3-4-6-21(20)32-15-18-13-23(29)28-14-17(25)9-12-22(28)26-18/h3-14H,2,15H2,1H3,(H,27,30). The van der Waals surface area contributed by atoms with Crippen molar-refractivity contribution < 1.29 is 14.3 Å². The van der Waals surface area contributed by atoms with E-state index >= 15 is 0 Å². The number of benzene rings is 2. The molecule has 0 bridgehead atoms. The third-order valence-corrected chi connectivity index (χ3v) is 4.84. The second-order valence-corrected chi connectivity index (χ2v) is 7.29. The molecule has 1 N–H and O–H groups in total. The summed E-state index contributed by atoms with van der Waals surface area (Å²) in [5.74, 6) is 0.891. The maximum atomic E-state index is 12.7. The van der Waals surface area contributed by atoms with Crippen LogP contribution < -0.4 is 20.3 Å². The van der Waals surface area contributed by atoms with E-state index in [2.05, 4.69) is 10.3 Å². The molecule has 2 aromatic carbocycles. The molecule has 7 nitrogen and oxygen atoms in total. The molecule has 0 aliphatic carbocycles. The summed E-state index contributed by atoms with van der Waals surface area (Å²) in [4.78, 5) is 29.4. The molecule has 4 aromatic rings. The molecule has 2 aromatic heterocycles. The van der Waals surface area contributed by atoms with Crippen LogP contribution in [0.4, 0.5) is 5.69 Å². The summed E-state index contributed by atoms with van der Waals surface area (Å²) in [5, 5.41) is 3.30. The maximum absolute atomic E-state index is 12.7. The van der Waals surface area contributed by atoms with Crippen LogP contribution in [0, 0.1) is 0 Å². The molecule has 0 saturated heterocycles. The Morgan fingerprint density at radius 1 is 1.06 bits per heavy atom. The third kappa shape index (κ3) is 4.90. The number of carbonyl (C=O) groups is 1. The van der Waals surface area contributed by atoms with Crippen molar-refractivity contribution in [3.8, 4) is 11.5 Å². The Labute approximate surface area is 189 Å². The summed E-state index contributed by atoms with van der Waals surface area (Å²) in [5.41, 5.74) is 1.68. The lowest BCUT2D eigenvalue weighted by Crippen LogP contribution is -2.16. The summed E-state index contributed by atoms with van der Waals surface area (Å²) in [6.45, 7) is 2.52. The molecule has 0 saturated carbocycles. The van der Waals surface area contributed by atoms with Crippen molar-refractivity contribution in [3.63, 3.8) is 0 Å². The van der Waals surface area contributed by atoms with Gasteiger partial charge in [0.05, 0.1) is 23.0 Å². The van der Waals surface area contributed by atoms with Gasteiger partial charge in [-0.15, -0.1) is 0 Å². The normalized spacial score (nSPS) is 10.7. The van der Waals surface area contributed by atoms with Crippen LogP contribution in [0.2, 0.25) is 5.02 Å². The van der Waals surface area contributed by atoms with Gasteiger partial charge >= 0.3 is 0 Å². The van der Waals surface area contributed by atoms with Gasteiger partial charge in [-0.1, -0.05) is 23.7 Å². The zero-order valence-corrected chi connectivity index (χ0v) is 18.0. The fourth-order valence-corrected chi connectivity index (χ4v) is 3.27. The number of para-hydroxylation sites is 2. The van der Waals surface area contributed by atoms with Crippen molar-refractivity contribution in [1.82, 2.24) is 9.38 Å². The minimum absolute atomic E-state index is 0.0598. The van der Waals surface area contributed by atoms with E-state index in [1.165, 1.54) is 16.7 Å². The van der Waals surface area contributed by atoms with E-state index < -0.39 is 0 Å². The fourth-order valence-electron chi connectivity index (χ4n) is 3.11. The van der Waals surface area contributed by atoms with Crippen LogP contribution in [-0.4, -0.2) is 21.9 Å². The average molecular weight is 450 g/mol. The van der Waals surface area contributed by atoms with Crippen molar-refractivity contribution in [1.29, 1.82) is 0 Å². The van der Waals surface area contributed by atoms with E-state index in [0.717, 1.165) is 0 Å². The van der Waals surface area contributed by atoms with Crippen LogP contribution in [0.5, 0.6) is 11.5 Å². The molecule has 162 valence electrons. The molecule has 0 unspecified atom stereocenters. The second-order valence-electron chi connectivity index (χ2n) is 6.86. The number of fused-ring (bicyclic) bond motifs is 1. The summed E-state index contributed by atoms with van der Waals surface area (Å²) >= 11 is 5.94. The molecule has 1 amide bonds. The second kappa shape index (κ2) is 9.53. The van der Waals surface area contributed by atoms with Crippen molar-refractivity contribution in [2.45, 2.75) is 13.5 Å². The monoisotopic (exact) mass is 449 g/mol. The van der Waals surface area contributed by atoms with Gasteiger partial charge in [0, 0.05) is 17.8 Å². The molecule has 0 aliphatic heterocycles. The molecule has 0 spiro atoms. The van der Waals surface area contributed by atoms with Crippen LogP contribution in [0.25, 0.3) is 5.65 Å². The largest absolute Gasteiger partial charge is 0.494 e. The third-order valence-electron chi connectivity index (χ3n) is 4.61. The van der Waals surface area contributed by atoms with Gasteiger partial charge in [0.1, 0.15) is 23.8 Å². The van der Waals surface area contributed by atoms with Gasteiger partial charge in [-0.3, -0.25) is 14.0 Å². The van der Waals surface area contributed by atoms with Crippen LogP contribution in [0.15, 0.2) is 77.7 Å². The van der Waals surface area contributed by atoms with Gasteiger partial charge in [0.25, 0.3) is 11.5 Å². The van der Waals surface area contributed by atoms with E-state index in [4.69, 9.17) is 21.1 Å². The number of hydrogen-bond acceptors (Lipinski definition) is 5. The summed E-state index contributed by atoms with van der Waals surface area (Å²) in [6.07, 6.45) is 1.52. The number of carbonyl (C=O) groups excluding carboxylic acids is 1. The first kappa shape index (κ1) is 21.4. The van der Waals surface area contributed by atoms with Gasteiger partial charge in [-0.05, 0) is 55.5 Å². The number of rotatable bonds is 7. The highest BCUT2D eigenvalue weighted by Crippen LogP contribution is 2.25. The first-order chi connectivity index (χ1) is 15.5. The lowest BCUT2D eigenvalue weighted by Gasteiger charge is -2.13. The van der Waals surface area contributed by atoms with Crippen molar-refractivity contribution in [2.24, 2.45) is 0 Å². The van der Waals surface area contributed by atoms with Crippen molar-refractivity contribution in [3.05, 3.63) is 99.6 Å². The predicted octanol–water partition coefficient (Wildman–Crippen LogP) is 4.58. The SMILES string of the molecule is CCOc1ccc(C(=O)Nc2ccccc2OCc2cc(=O)n3cc(Cl)ccc3n2)cc1. The number of halogens is 1. The van der Waals surface area contributed by atoms with Gasteiger partial charge in [0.15, 0.2) is 0 Å². The molecule has 0 fully saturated rings. The summed E-state index contributed by atoms with van der Waals surface area (Å²) < 4.78 is 12.6. The summed E-state index contributed by atoms with van der Waals surface area (Å²) in [6, 6.07) is 18.7. The summed E-state index contributed by atoms with van der Waals surface area (Å²) in [7, 11) is 0. The predicted molar refractivity (Wildman–Crippen MR) is 123 cm³/mol. The molecule has 8 heteroatoms. The number of amides is 1. The Morgan fingerprint density at radius 3 is 2.62 bits per heavy atom. The van der Waals surface area contributed by atoms with Crippen molar-refractivity contribution >= 4 is 28.8 Å². The van der Waals surface area contributed by atoms with Gasteiger partial charge in [0.2, 0.25) is 0 Å². The minimum atomic E-state index is -0.275. The van der Waals surface area contributed by atoms with Crippen molar-refractivity contribution in [2.75, 3.05) is 11.9 Å². The Bertz CT molecular complexity index is 1320. The fraction of sp³-hybridized carbons (Fsp3) is 0.125. The van der Waals surface area contributed by atoms with Gasteiger partial charge < -0.3 is 14.8 Å². The number of ether oxygens (including phenoxy) is 2. The van der Waals surface area contributed by atoms with Crippen LogP contribution in [0.3, 0.4) is 0 Å². The van der Waals surface area contributed by atoms with E-state index in [1.54, 1.807) is 60.7 Å². The molecule has 0 atom stereocenters. The quantitative estimate of drug-likeness (QED) is 0.446. The number of aromatic nitrogens is 2. The van der Waals surface area contributed by atoms with Crippen LogP contribution >= 0.6 is 11.6 Å². The van der Waals surface area contributed by atoms with Crippen LogP contribution in [-0.2, 0) is 6.61 Å². The number of nitrogens with zero attached hydrogens (tertiary/aromatic N) is 2. The smallest absolute Gasteiger partial charge is 0.258 e. The van der Waals surface area contributed by atoms with Gasteiger partial charge in [-0.25, -0.2) is 4.98 Å². The Hall–Kier alpha value is -3.84. The highest BCUT2D eigenvalue weighted by Gasteiger charge is 2.11. The Balaban J connectivity index is 1.49. The molecule has 0 aliphatic rings. The van der Waals surface area contributed by atoms with E-state index in [1.807, 2.05) is 6.92 Å². The molecular formula is C24H20ClN3O4. The number of pyridine rings is 1. The minimum Gasteiger partial charge on any atom is -0.494 e. The van der Waals surface area contributed by atoms with Gasteiger partial charge in [-0.2, -0.15) is 0 Å². The van der Waals surface area contributed by atoms with E-state index in [0.29, 0.717) is 45.7 Å². The number of nitrogens with one attached hydrogen (secondary N) is 1. The zero-order valence-electron chi connectivity index (χ0n) is 17.2. The molecule has 4 rings (SSSR count). The van der Waals surface area contributed by atoms with Crippen LogP contribution in [0.1, 0.15) is 23.0 Å². The molecule has 2 heterocycles. The Kier molecular flexibility index (Phi) is 6.37. The first-order valence-corrected chi connectivity index (χ1v) is 10.3. The molecular weight excluding hydrogens is 430 g/mol. The number of hydrogen-bond donors (Lipinski definition) is 1. The maximum Gasteiger partial charge on any atom is 0.258 e. The molecule has 32 heavy (non-hydrogen) atoms. The molecule has 0 radical (unpaired) electrons.